The molecule has 1 aromatic rings. The monoisotopic (exact) mass is 270 g/mol. The number of nitrogens with one attached hydrogen (secondary N) is 1. The summed E-state index contributed by atoms with van der Waals surface area (Å²) in [7, 11) is 0. The van der Waals surface area contributed by atoms with Crippen LogP contribution in [0.1, 0.15) is 54.3 Å². The predicted molar refractivity (Wildman–Crippen MR) is 74.4 cm³/mol. The lowest BCUT2D eigenvalue weighted by Crippen LogP contribution is -2.30. The molecule has 0 saturated heterocycles. The van der Waals surface area contributed by atoms with Crippen LogP contribution in [0.2, 0.25) is 0 Å². The fraction of sp³-hybridized carbons (Fsp3) is 0.615. The van der Waals surface area contributed by atoms with Crippen molar-refractivity contribution in [1.82, 2.24) is 5.43 Å². The third kappa shape index (κ3) is 5.16. The Labute approximate surface area is 112 Å². The summed E-state index contributed by atoms with van der Waals surface area (Å²) in [6.45, 7) is 3.44. The van der Waals surface area contributed by atoms with Crippen LogP contribution in [0.25, 0.3) is 0 Å². The first-order valence-electron chi connectivity index (χ1n) is 6.44. The van der Waals surface area contributed by atoms with Gasteiger partial charge in [0, 0.05) is 12.2 Å². The van der Waals surface area contributed by atoms with E-state index in [0.29, 0.717) is 11.5 Å². The van der Waals surface area contributed by atoms with Crippen molar-refractivity contribution in [3.8, 4) is 0 Å². The Kier molecular flexibility index (Phi) is 7.64. The quantitative estimate of drug-likeness (QED) is 0.314. The van der Waals surface area contributed by atoms with Gasteiger partial charge >= 0.3 is 0 Å². The van der Waals surface area contributed by atoms with Crippen molar-refractivity contribution in [3.63, 3.8) is 0 Å². The lowest BCUT2D eigenvalue weighted by atomic mass is 10.2. The standard InChI is InChI=1S/C13H22N2O2S/c1-2-3-4-5-6-8-17-10-11-7-9-18-12(11)13(16)15-14/h7,9H,2-6,8,10,14H2,1H3,(H,15,16). The number of carbonyl (C=O) groups excluding carboxylic acids is 1. The van der Waals surface area contributed by atoms with Crippen molar-refractivity contribution in [2.75, 3.05) is 6.61 Å². The van der Waals surface area contributed by atoms with Gasteiger partial charge in [0.15, 0.2) is 0 Å². The summed E-state index contributed by atoms with van der Waals surface area (Å²) in [6, 6.07) is 1.91. The summed E-state index contributed by atoms with van der Waals surface area (Å²) in [6.07, 6.45) is 6.13. The van der Waals surface area contributed by atoms with E-state index < -0.39 is 0 Å². The summed E-state index contributed by atoms with van der Waals surface area (Å²) in [5.41, 5.74) is 3.06. The Bertz CT molecular complexity index is 353. The van der Waals surface area contributed by atoms with E-state index in [4.69, 9.17) is 10.6 Å². The van der Waals surface area contributed by atoms with Crippen LogP contribution < -0.4 is 11.3 Å². The number of hydrogen-bond donors (Lipinski definition) is 2. The molecule has 0 unspecified atom stereocenters. The minimum atomic E-state index is -0.244. The predicted octanol–water partition coefficient (Wildman–Crippen LogP) is 2.84. The van der Waals surface area contributed by atoms with E-state index in [1.807, 2.05) is 11.4 Å². The van der Waals surface area contributed by atoms with Crippen LogP contribution in [0.4, 0.5) is 0 Å². The van der Waals surface area contributed by atoms with E-state index >= 15 is 0 Å². The normalized spacial score (nSPS) is 10.6. The Morgan fingerprint density at radius 3 is 2.89 bits per heavy atom. The van der Waals surface area contributed by atoms with E-state index in [0.717, 1.165) is 18.6 Å². The van der Waals surface area contributed by atoms with Gasteiger partial charge in [-0.15, -0.1) is 11.3 Å². The van der Waals surface area contributed by atoms with Crippen molar-refractivity contribution in [3.05, 3.63) is 21.9 Å². The minimum Gasteiger partial charge on any atom is -0.377 e. The molecule has 1 amide bonds. The van der Waals surface area contributed by atoms with Gasteiger partial charge in [-0.1, -0.05) is 32.6 Å². The summed E-state index contributed by atoms with van der Waals surface area (Å²) >= 11 is 1.39. The maximum Gasteiger partial charge on any atom is 0.275 e. The number of amides is 1. The average Bonchev–Trinajstić information content (AvgIpc) is 2.85. The fourth-order valence-electron chi connectivity index (χ4n) is 1.70. The molecule has 0 radical (unpaired) electrons. The molecule has 1 rings (SSSR count). The van der Waals surface area contributed by atoms with E-state index in [1.54, 1.807) is 0 Å². The van der Waals surface area contributed by atoms with E-state index in [2.05, 4.69) is 12.3 Å². The first-order chi connectivity index (χ1) is 8.79. The number of unbranched alkanes of at least 4 members (excludes halogenated alkanes) is 4. The molecule has 3 N–H and O–H groups in total. The molecule has 0 spiro atoms. The smallest absolute Gasteiger partial charge is 0.275 e. The van der Waals surface area contributed by atoms with Gasteiger partial charge in [-0.2, -0.15) is 0 Å². The maximum absolute atomic E-state index is 11.4. The molecule has 0 bridgehead atoms. The van der Waals surface area contributed by atoms with Crippen molar-refractivity contribution in [2.24, 2.45) is 5.84 Å². The average molecular weight is 270 g/mol. The number of hydrogen-bond acceptors (Lipinski definition) is 4. The summed E-state index contributed by atoms with van der Waals surface area (Å²) in [4.78, 5) is 12.1. The molecule has 0 atom stereocenters. The SMILES string of the molecule is CCCCCCCOCc1ccsc1C(=O)NN. The number of nitrogen functional groups attached to an aromatic ring is 1. The molecule has 0 aliphatic carbocycles. The van der Waals surface area contributed by atoms with Crippen LogP contribution in [0, 0.1) is 0 Å². The molecule has 1 aromatic heterocycles. The van der Waals surface area contributed by atoms with Crippen LogP contribution in [-0.2, 0) is 11.3 Å². The Morgan fingerprint density at radius 1 is 1.39 bits per heavy atom. The van der Waals surface area contributed by atoms with Gasteiger partial charge in [0.25, 0.3) is 5.91 Å². The van der Waals surface area contributed by atoms with Gasteiger partial charge in [-0.25, -0.2) is 5.84 Å². The van der Waals surface area contributed by atoms with E-state index in [-0.39, 0.29) is 5.91 Å². The molecule has 0 saturated carbocycles. The zero-order chi connectivity index (χ0) is 13.2. The maximum atomic E-state index is 11.4. The molecule has 0 aliphatic rings. The number of carbonyl (C=O) groups is 1. The lowest BCUT2D eigenvalue weighted by molar-refractivity contribution is 0.0943. The number of nitrogens with two attached hydrogens (primary N) is 1. The van der Waals surface area contributed by atoms with Gasteiger partial charge in [0.2, 0.25) is 0 Å². The first kappa shape index (κ1) is 15.1. The van der Waals surface area contributed by atoms with Crippen molar-refractivity contribution < 1.29 is 9.53 Å². The molecule has 18 heavy (non-hydrogen) atoms. The Hall–Kier alpha value is -0.910. The zero-order valence-electron chi connectivity index (χ0n) is 10.9. The summed E-state index contributed by atoms with van der Waals surface area (Å²) in [5.74, 6) is 4.88. The zero-order valence-corrected chi connectivity index (χ0v) is 11.7. The molecule has 1 heterocycles. The summed E-state index contributed by atoms with van der Waals surface area (Å²) in [5, 5.41) is 1.88. The molecule has 0 aromatic carbocycles. The topological polar surface area (TPSA) is 64.3 Å². The lowest BCUT2D eigenvalue weighted by Gasteiger charge is -2.05. The molecule has 5 heteroatoms. The highest BCUT2D eigenvalue weighted by atomic mass is 32.1. The van der Waals surface area contributed by atoms with E-state index in [9.17, 15) is 4.79 Å². The second-order valence-corrected chi connectivity index (χ2v) is 5.13. The molecule has 0 aliphatic heterocycles. The van der Waals surface area contributed by atoms with Crippen molar-refractivity contribution in [2.45, 2.75) is 45.6 Å². The second-order valence-electron chi connectivity index (χ2n) is 4.22. The van der Waals surface area contributed by atoms with Crippen LogP contribution in [0.3, 0.4) is 0 Å². The van der Waals surface area contributed by atoms with E-state index in [1.165, 1.54) is 37.0 Å². The van der Waals surface area contributed by atoms with Gasteiger partial charge in [0.05, 0.1) is 11.5 Å². The molecular formula is C13H22N2O2S. The molecule has 102 valence electrons. The summed E-state index contributed by atoms with van der Waals surface area (Å²) < 4.78 is 5.58. The third-order valence-corrected chi connectivity index (χ3v) is 3.69. The Morgan fingerprint density at radius 2 is 2.17 bits per heavy atom. The highest BCUT2D eigenvalue weighted by Crippen LogP contribution is 2.17. The Balaban J connectivity index is 2.19. The first-order valence-corrected chi connectivity index (χ1v) is 7.32. The van der Waals surface area contributed by atoms with Gasteiger partial charge in [0.1, 0.15) is 0 Å². The highest BCUT2D eigenvalue weighted by Gasteiger charge is 2.11. The van der Waals surface area contributed by atoms with Crippen molar-refractivity contribution >= 4 is 17.2 Å². The van der Waals surface area contributed by atoms with Crippen LogP contribution >= 0.6 is 11.3 Å². The minimum absolute atomic E-state index is 0.244. The third-order valence-electron chi connectivity index (χ3n) is 2.73. The van der Waals surface area contributed by atoms with Crippen LogP contribution in [0.15, 0.2) is 11.4 Å². The number of hydrazine groups is 1. The van der Waals surface area contributed by atoms with Crippen LogP contribution in [-0.4, -0.2) is 12.5 Å². The van der Waals surface area contributed by atoms with Gasteiger partial charge in [-0.05, 0) is 17.9 Å². The molecule has 0 fully saturated rings. The molecular weight excluding hydrogens is 248 g/mol. The van der Waals surface area contributed by atoms with Crippen molar-refractivity contribution in [1.29, 1.82) is 0 Å². The van der Waals surface area contributed by atoms with Gasteiger partial charge in [-0.3, -0.25) is 10.2 Å². The molecule has 4 nitrogen and oxygen atoms in total. The second kappa shape index (κ2) is 9.08. The number of thiophene rings is 1. The highest BCUT2D eigenvalue weighted by molar-refractivity contribution is 7.12. The van der Waals surface area contributed by atoms with Gasteiger partial charge < -0.3 is 4.74 Å². The largest absolute Gasteiger partial charge is 0.377 e. The number of ether oxygens (including phenoxy) is 1. The number of rotatable bonds is 9. The van der Waals surface area contributed by atoms with Crippen LogP contribution in [0.5, 0.6) is 0 Å². The fourth-order valence-corrected chi connectivity index (χ4v) is 2.52.